The summed E-state index contributed by atoms with van der Waals surface area (Å²) in [5.41, 5.74) is 11.3. The van der Waals surface area contributed by atoms with Crippen LogP contribution in [0, 0.1) is 0 Å². The van der Waals surface area contributed by atoms with Crippen molar-refractivity contribution < 1.29 is 24.6 Å². The molecule has 0 spiro atoms. The first kappa shape index (κ1) is 28.2. The third kappa shape index (κ3) is 6.27. The number of hydrogen-bond donors (Lipinski definition) is 3. The fourth-order valence-corrected chi connectivity index (χ4v) is 4.86. The molecule has 4 rings (SSSR count). The summed E-state index contributed by atoms with van der Waals surface area (Å²) in [6.07, 6.45) is -0.551. The number of hydroxylamine groups is 1. The van der Waals surface area contributed by atoms with Crippen molar-refractivity contribution in [2.24, 2.45) is 10.1 Å². The smallest absolute Gasteiger partial charge is 0.275 e. The Bertz CT molecular complexity index is 1410. The zero-order chi connectivity index (χ0) is 27.8. The molecule has 10 nitrogen and oxygen atoms in total. The third-order valence-electron chi connectivity index (χ3n) is 6.26. The highest BCUT2D eigenvalue weighted by Gasteiger charge is 2.54. The van der Waals surface area contributed by atoms with Crippen LogP contribution in [-0.2, 0) is 22.5 Å². The van der Waals surface area contributed by atoms with E-state index in [4.69, 9.17) is 48.3 Å². The second kappa shape index (κ2) is 12.8. The number of aliphatic imine (C=N–C) groups is 1. The molecular formula is C27H25Cl2N5O5. The van der Waals surface area contributed by atoms with Gasteiger partial charge in [-0.25, -0.2) is 10.5 Å². The molecule has 3 aromatic rings. The summed E-state index contributed by atoms with van der Waals surface area (Å²) in [5, 5.41) is 23.1. The molecule has 12 heteroatoms. The molecule has 3 aromatic carbocycles. The van der Waals surface area contributed by atoms with Crippen molar-refractivity contribution in [1.29, 1.82) is 0 Å². The monoisotopic (exact) mass is 569 g/mol. The van der Waals surface area contributed by atoms with Crippen molar-refractivity contribution in [3.05, 3.63) is 109 Å². The van der Waals surface area contributed by atoms with Gasteiger partial charge >= 0.3 is 0 Å². The number of benzene rings is 3. The Labute approximate surface area is 234 Å². The molecule has 0 saturated carbocycles. The molecule has 0 bridgehead atoms. The molecule has 1 amide bonds. The van der Waals surface area contributed by atoms with E-state index >= 15 is 0 Å². The Morgan fingerprint density at radius 3 is 2.56 bits per heavy atom. The van der Waals surface area contributed by atoms with Gasteiger partial charge in [-0.1, -0.05) is 58.6 Å². The zero-order valence-corrected chi connectivity index (χ0v) is 22.1. The predicted octanol–water partition coefficient (Wildman–Crippen LogP) is 5.57. The van der Waals surface area contributed by atoms with Crippen molar-refractivity contribution in [2.75, 3.05) is 13.2 Å². The van der Waals surface area contributed by atoms with E-state index in [2.05, 4.69) is 10.0 Å². The highest BCUT2D eigenvalue weighted by molar-refractivity contribution is 6.35. The van der Waals surface area contributed by atoms with E-state index in [1.165, 1.54) is 6.07 Å². The number of nitrogens with one attached hydrogen (secondary N) is 1. The summed E-state index contributed by atoms with van der Waals surface area (Å²) < 4.78 is 11.9. The summed E-state index contributed by atoms with van der Waals surface area (Å²) in [5.74, 6) is -0.0606. The number of aliphatic hydroxyl groups is 1. The Kier molecular flexibility index (Phi) is 9.29. The summed E-state index contributed by atoms with van der Waals surface area (Å²) >= 11 is 12.7. The number of carbonyl (C=O) groups excluding carboxylic acids is 1. The number of ether oxygens (including phenoxy) is 2. The van der Waals surface area contributed by atoms with Crippen molar-refractivity contribution in [2.45, 2.75) is 31.0 Å². The third-order valence-corrected chi connectivity index (χ3v) is 6.82. The van der Waals surface area contributed by atoms with Gasteiger partial charge in [0.1, 0.15) is 5.75 Å². The molecule has 0 unspecified atom stereocenters. The Hall–Kier alpha value is -3.79. The largest absolute Gasteiger partial charge is 0.494 e. The van der Waals surface area contributed by atoms with Crippen molar-refractivity contribution in [3.63, 3.8) is 0 Å². The van der Waals surface area contributed by atoms with E-state index in [-0.39, 0.29) is 30.5 Å². The second-order valence-corrected chi connectivity index (χ2v) is 9.57. The Morgan fingerprint density at radius 2 is 1.90 bits per heavy atom. The van der Waals surface area contributed by atoms with Gasteiger partial charge in [0.05, 0.1) is 13.2 Å². The van der Waals surface area contributed by atoms with Gasteiger partial charge in [-0.15, -0.1) is 0 Å². The minimum absolute atomic E-state index is 0.00794. The molecule has 1 aliphatic rings. The topological polar surface area (TPSA) is 149 Å². The van der Waals surface area contributed by atoms with Gasteiger partial charge < -0.3 is 14.6 Å². The molecule has 0 saturated heterocycles. The first-order valence-corrected chi connectivity index (χ1v) is 12.7. The minimum atomic E-state index is -1.69. The van der Waals surface area contributed by atoms with Gasteiger partial charge in [0.2, 0.25) is 5.90 Å². The average molecular weight is 570 g/mol. The average Bonchev–Trinajstić information content (AvgIpc) is 3.32. The summed E-state index contributed by atoms with van der Waals surface area (Å²) in [7, 11) is 0. The van der Waals surface area contributed by atoms with Crippen LogP contribution in [0.5, 0.6) is 5.75 Å². The maximum Gasteiger partial charge on any atom is 0.275 e. The number of azide groups is 1. The normalized spacial score (nSPS) is 18.1. The van der Waals surface area contributed by atoms with E-state index in [1.54, 1.807) is 66.1 Å². The van der Waals surface area contributed by atoms with Crippen molar-refractivity contribution in [3.8, 4) is 5.75 Å². The Morgan fingerprint density at radius 1 is 1.15 bits per heavy atom. The SMILES string of the molecule is [N-]=[N+]=NCc1ccccc1C[C@]1(C(=O)NO)N=C(c2ccc(OCCCO)cc2)O[C@H]1c1ccc(Cl)cc1Cl. The molecular weight excluding hydrogens is 545 g/mol. The summed E-state index contributed by atoms with van der Waals surface area (Å²) in [4.78, 5) is 21.1. The lowest BCUT2D eigenvalue weighted by atomic mass is 9.81. The molecule has 1 aliphatic heterocycles. The van der Waals surface area contributed by atoms with E-state index in [0.29, 0.717) is 46.1 Å². The van der Waals surface area contributed by atoms with Crippen LogP contribution in [0.1, 0.15) is 34.8 Å². The lowest BCUT2D eigenvalue weighted by Gasteiger charge is -2.30. The first-order chi connectivity index (χ1) is 18.9. The number of aliphatic hydroxyl groups excluding tert-OH is 1. The van der Waals surface area contributed by atoms with E-state index < -0.39 is 17.6 Å². The number of rotatable bonds is 11. The summed E-state index contributed by atoms with van der Waals surface area (Å²) in [6.45, 7) is 0.447. The van der Waals surface area contributed by atoms with Gasteiger partial charge in [-0.05, 0) is 53.1 Å². The molecule has 1 heterocycles. The first-order valence-electron chi connectivity index (χ1n) is 12.0. The quantitative estimate of drug-likeness (QED) is 0.0688. The molecule has 3 N–H and O–H groups in total. The number of carbonyl (C=O) groups is 1. The van der Waals surface area contributed by atoms with Crippen LogP contribution in [0.25, 0.3) is 10.4 Å². The summed E-state index contributed by atoms with van der Waals surface area (Å²) in [6, 6.07) is 18.9. The standard InChI is InChI=1S/C27H25Cl2N5O5/c28-20-8-11-22(23(29)14-20)24-27(26(36)33-37,15-18-4-1-2-5-19(18)16-31-34-30)32-25(39-24)17-6-9-21(10-7-17)38-13-3-12-35/h1-2,4-11,14,24,35,37H,3,12-13,15-16H2,(H,33,36)/t24-,27-/m0/s1. The fourth-order valence-electron chi connectivity index (χ4n) is 4.35. The molecule has 2 atom stereocenters. The molecule has 202 valence electrons. The lowest BCUT2D eigenvalue weighted by molar-refractivity contribution is -0.137. The highest BCUT2D eigenvalue weighted by Crippen LogP contribution is 2.45. The van der Waals surface area contributed by atoms with E-state index in [0.717, 1.165) is 0 Å². The van der Waals surface area contributed by atoms with Gasteiger partial charge in [-0.2, -0.15) is 0 Å². The van der Waals surface area contributed by atoms with Gasteiger partial charge in [0, 0.05) is 45.5 Å². The van der Waals surface area contributed by atoms with E-state index in [9.17, 15) is 10.0 Å². The number of hydrogen-bond acceptors (Lipinski definition) is 7. The highest BCUT2D eigenvalue weighted by atomic mass is 35.5. The maximum atomic E-state index is 13.5. The minimum Gasteiger partial charge on any atom is -0.494 e. The second-order valence-electron chi connectivity index (χ2n) is 8.73. The molecule has 0 aromatic heterocycles. The lowest BCUT2D eigenvalue weighted by Crippen LogP contribution is -2.49. The van der Waals surface area contributed by atoms with Gasteiger partial charge in [-0.3, -0.25) is 10.0 Å². The van der Waals surface area contributed by atoms with Crippen LogP contribution in [0.4, 0.5) is 0 Å². The molecule has 0 radical (unpaired) electrons. The van der Waals surface area contributed by atoms with Crippen LogP contribution in [0.2, 0.25) is 10.0 Å². The van der Waals surface area contributed by atoms with Gasteiger partial charge in [0.25, 0.3) is 5.91 Å². The van der Waals surface area contributed by atoms with Crippen LogP contribution < -0.4 is 10.2 Å². The Balaban J connectivity index is 1.81. The van der Waals surface area contributed by atoms with Crippen molar-refractivity contribution >= 4 is 35.0 Å². The maximum absolute atomic E-state index is 13.5. The molecule has 0 aliphatic carbocycles. The number of nitrogens with zero attached hydrogens (tertiary/aromatic N) is 4. The fraction of sp³-hybridized carbons (Fsp3) is 0.259. The number of halogens is 2. The molecule has 0 fully saturated rings. The van der Waals surface area contributed by atoms with Crippen LogP contribution in [0.15, 0.2) is 76.8 Å². The predicted molar refractivity (Wildman–Crippen MR) is 146 cm³/mol. The van der Waals surface area contributed by atoms with Crippen LogP contribution >= 0.6 is 23.2 Å². The van der Waals surface area contributed by atoms with Crippen molar-refractivity contribution in [1.82, 2.24) is 5.48 Å². The zero-order valence-electron chi connectivity index (χ0n) is 20.6. The van der Waals surface area contributed by atoms with E-state index in [1.807, 2.05) is 0 Å². The van der Waals surface area contributed by atoms with Gasteiger partial charge in [0.15, 0.2) is 11.6 Å². The van der Waals surface area contributed by atoms with Crippen LogP contribution in [0.3, 0.4) is 0 Å². The van der Waals surface area contributed by atoms with Crippen LogP contribution in [-0.4, -0.2) is 40.9 Å². The molecule has 39 heavy (non-hydrogen) atoms. The number of amides is 1.